The number of alkyl halides is 2. The number of hydrogen-bond donors (Lipinski definition) is 1. The lowest BCUT2D eigenvalue weighted by molar-refractivity contribution is -0.112. The van der Waals surface area contributed by atoms with E-state index in [0.717, 1.165) is 0 Å². The van der Waals surface area contributed by atoms with Crippen molar-refractivity contribution in [3.8, 4) is 0 Å². The summed E-state index contributed by atoms with van der Waals surface area (Å²) in [6.45, 7) is 1.94. The standard InChI is InChI=1S/C9H13F2NO/c1-7(13)3-2-4-12-8-5-9(10,11)6-8/h2-3,8,12H,4-6H2,1H3/b3-2+. The maximum Gasteiger partial charge on any atom is 0.251 e. The summed E-state index contributed by atoms with van der Waals surface area (Å²) in [7, 11) is 0. The van der Waals surface area contributed by atoms with Gasteiger partial charge in [0, 0.05) is 25.4 Å². The lowest BCUT2D eigenvalue weighted by Crippen LogP contribution is -2.48. The molecule has 0 aliphatic heterocycles. The number of ketones is 1. The molecule has 0 heterocycles. The molecule has 0 bridgehead atoms. The van der Waals surface area contributed by atoms with Crippen LogP contribution in [-0.2, 0) is 4.79 Å². The molecule has 0 radical (unpaired) electrons. The van der Waals surface area contributed by atoms with Gasteiger partial charge < -0.3 is 5.32 Å². The number of carbonyl (C=O) groups excluding carboxylic acids is 1. The van der Waals surface area contributed by atoms with Crippen molar-refractivity contribution in [2.75, 3.05) is 6.54 Å². The van der Waals surface area contributed by atoms with Gasteiger partial charge in [0.2, 0.25) is 0 Å². The molecule has 0 aromatic heterocycles. The minimum atomic E-state index is -2.47. The van der Waals surface area contributed by atoms with Crippen molar-refractivity contribution in [1.82, 2.24) is 5.32 Å². The van der Waals surface area contributed by atoms with Crippen molar-refractivity contribution in [1.29, 1.82) is 0 Å². The zero-order chi connectivity index (χ0) is 9.90. The van der Waals surface area contributed by atoms with Gasteiger partial charge in [-0.05, 0) is 13.0 Å². The van der Waals surface area contributed by atoms with Crippen LogP contribution in [0.25, 0.3) is 0 Å². The summed E-state index contributed by atoms with van der Waals surface area (Å²) in [5, 5.41) is 2.91. The molecule has 13 heavy (non-hydrogen) atoms. The van der Waals surface area contributed by atoms with Gasteiger partial charge in [0.15, 0.2) is 5.78 Å². The number of nitrogens with one attached hydrogen (secondary N) is 1. The average Bonchev–Trinajstić information content (AvgIpc) is 1.93. The average molecular weight is 189 g/mol. The Labute approximate surface area is 76.0 Å². The van der Waals surface area contributed by atoms with Gasteiger partial charge in [-0.25, -0.2) is 8.78 Å². The molecule has 2 nitrogen and oxygen atoms in total. The largest absolute Gasteiger partial charge is 0.310 e. The van der Waals surface area contributed by atoms with Crippen molar-refractivity contribution >= 4 is 5.78 Å². The third kappa shape index (κ3) is 3.63. The SMILES string of the molecule is CC(=O)/C=C/CNC1CC(F)(F)C1. The third-order valence-electron chi connectivity index (χ3n) is 1.97. The van der Waals surface area contributed by atoms with E-state index in [1.165, 1.54) is 13.0 Å². The molecule has 1 N–H and O–H groups in total. The first-order valence-electron chi connectivity index (χ1n) is 4.28. The van der Waals surface area contributed by atoms with Gasteiger partial charge in [0.25, 0.3) is 5.92 Å². The zero-order valence-electron chi connectivity index (χ0n) is 7.52. The van der Waals surface area contributed by atoms with Crippen LogP contribution >= 0.6 is 0 Å². The molecular formula is C9H13F2NO. The van der Waals surface area contributed by atoms with Gasteiger partial charge in [-0.2, -0.15) is 0 Å². The van der Waals surface area contributed by atoms with E-state index in [1.807, 2.05) is 0 Å². The summed E-state index contributed by atoms with van der Waals surface area (Å²) in [4.78, 5) is 10.4. The normalized spacial score (nSPS) is 21.8. The van der Waals surface area contributed by atoms with E-state index >= 15 is 0 Å². The van der Waals surface area contributed by atoms with E-state index in [0.29, 0.717) is 6.54 Å². The smallest absolute Gasteiger partial charge is 0.251 e. The molecule has 1 aliphatic carbocycles. The molecule has 1 aliphatic rings. The minimum absolute atomic E-state index is 0.0271. The van der Waals surface area contributed by atoms with Crippen LogP contribution in [0.5, 0.6) is 0 Å². The minimum Gasteiger partial charge on any atom is -0.310 e. The maximum atomic E-state index is 12.3. The van der Waals surface area contributed by atoms with Crippen molar-refractivity contribution in [3.63, 3.8) is 0 Å². The Balaban J connectivity index is 2.06. The summed E-state index contributed by atoms with van der Waals surface area (Å²) < 4.78 is 24.6. The molecule has 0 atom stereocenters. The molecule has 1 fully saturated rings. The third-order valence-corrected chi connectivity index (χ3v) is 1.97. The van der Waals surface area contributed by atoms with Crippen LogP contribution in [0.1, 0.15) is 19.8 Å². The molecule has 74 valence electrons. The number of carbonyl (C=O) groups is 1. The van der Waals surface area contributed by atoms with Gasteiger partial charge in [-0.15, -0.1) is 0 Å². The van der Waals surface area contributed by atoms with Gasteiger partial charge >= 0.3 is 0 Å². The molecule has 0 amide bonds. The Morgan fingerprint density at radius 2 is 2.23 bits per heavy atom. The number of rotatable bonds is 4. The van der Waals surface area contributed by atoms with Gasteiger partial charge in [-0.1, -0.05) is 6.08 Å². The number of halogens is 2. The fourth-order valence-corrected chi connectivity index (χ4v) is 1.27. The van der Waals surface area contributed by atoms with Crippen LogP contribution in [0.2, 0.25) is 0 Å². The Kier molecular flexibility index (Phi) is 3.14. The highest BCUT2D eigenvalue weighted by atomic mass is 19.3. The Hall–Kier alpha value is -0.770. The first-order valence-corrected chi connectivity index (χ1v) is 4.28. The highest BCUT2D eigenvalue weighted by Crippen LogP contribution is 2.37. The quantitative estimate of drug-likeness (QED) is 0.679. The zero-order valence-corrected chi connectivity index (χ0v) is 7.52. The summed E-state index contributed by atoms with van der Waals surface area (Å²) in [6.07, 6.45) is 2.92. The predicted octanol–water partition coefficient (Wildman–Crippen LogP) is 1.52. The molecular weight excluding hydrogens is 176 g/mol. The van der Waals surface area contributed by atoms with E-state index in [9.17, 15) is 13.6 Å². The summed E-state index contributed by atoms with van der Waals surface area (Å²) >= 11 is 0. The Morgan fingerprint density at radius 3 is 2.69 bits per heavy atom. The lowest BCUT2D eigenvalue weighted by atomic mass is 9.88. The lowest BCUT2D eigenvalue weighted by Gasteiger charge is -2.35. The summed E-state index contributed by atoms with van der Waals surface area (Å²) in [6, 6.07) is -0.0911. The second-order valence-electron chi connectivity index (χ2n) is 3.38. The Morgan fingerprint density at radius 1 is 1.62 bits per heavy atom. The van der Waals surface area contributed by atoms with Crippen LogP contribution in [0.15, 0.2) is 12.2 Å². The molecule has 0 spiro atoms. The second kappa shape index (κ2) is 3.96. The molecule has 1 saturated carbocycles. The molecule has 0 aromatic rings. The van der Waals surface area contributed by atoms with Gasteiger partial charge in [0.05, 0.1) is 0 Å². The van der Waals surface area contributed by atoms with Crippen molar-refractivity contribution in [2.45, 2.75) is 31.7 Å². The topological polar surface area (TPSA) is 29.1 Å². The van der Waals surface area contributed by atoms with Crippen LogP contribution in [0.3, 0.4) is 0 Å². The first-order chi connectivity index (χ1) is 5.99. The summed E-state index contributed by atoms with van der Waals surface area (Å²) in [5.74, 6) is -2.50. The molecule has 0 aromatic carbocycles. The van der Waals surface area contributed by atoms with E-state index in [-0.39, 0.29) is 24.7 Å². The summed E-state index contributed by atoms with van der Waals surface area (Å²) in [5.41, 5.74) is 0. The van der Waals surface area contributed by atoms with E-state index in [1.54, 1.807) is 6.08 Å². The number of allylic oxidation sites excluding steroid dienone is 1. The molecule has 4 heteroatoms. The Bertz CT molecular complexity index is 218. The van der Waals surface area contributed by atoms with Crippen molar-refractivity contribution in [3.05, 3.63) is 12.2 Å². The predicted molar refractivity (Wildman–Crippen MR) is 45.8 cm³/mol. The van der Waals surface area contributed by atoms with Crippen LogP contribution in [-0.4, -0.2) is 24.3 Å². The monoisotopic (exact) mass is 189 g/mol. The fourth-order valence-electron chi connectivity index (χ4n) is 1.27. The maximum absolute atomic E-state index is 12.3. The second-order valence-corrected chi connectivity index (χ2v) is 3.38. The molecule has 0 unspecified atom stereocenters. The fraction of sp³-hybridized carbons (Fsp3) is 0.667. The first kappa shape index (κ1) is 10.3. The van der Waals surface area contributed by atoms with Crippen molar-refractivity contribution < 1.29 is 13.6 Å². The van der Waals surface area contributed by atoms with Crippen LogP contribution in [0.4, 0.5) is 8.78 Å². The molecule has 0 saturated heterocycles. The highest BCUT2D eigenvalue weighted by Gasteiger charge is 2.44. The van der Waals surface area contributed by atoms with E-state index in [2.05, 4.69) is 5.32 Å². The molecule has 1 rings (SSSR count). The van der Waals surface area contributed by atoms with Gasteiger partial charge in [0.1, 0.15) is 0 Å². The van der Waals surface area contributed by atoms with E-state index in [4.69, 9.17) is 0 Å². The van der Waals surface area contributed by atoms with Gasteiger partial charge in [-0.3, -0.25) is 4.79 Å². The van der Waals surface area contributed by atoms with Crippen molar-refractivity contribution in [2.24, 2.45) is 0 Å². The van der Waals surface area contributed by atoms with Crippen LogP contribution in [0, 0.1) is 0 Å². The highest BCUT2D eigenvalue weighted by molar-refractivity contribution is 5.87. The number of hydrogen-bond acceptors (Lipinski definition) is 2. The van der Waals surface area contributed by atoms with E-state index < -0.39 is 5.92 Å². The van der Waals surface area contributed by atoms with Crippen LogP contribution < -0.4 is 5.32 Å².